The van der Waals surface area contributed by atoms with Gasteiger partial charge in [-0.05, 0) is 12.0 Å². The normalized spacial score (nSPS) is 17.5. The number of imidazole rings is 1. The fourth-order valence-electron chi connectivity index (χ4n) is 3.07. The molecule has 0 fully saturated rings. The highest BCUT2D eigenvalue weighted by atomic mass is 16.5. The molecule has 0 bridgehead atoms. The first-order chi connectivity index (χ1) is 11.8. The van der Waals surface area contributed by atoms with Crippen LogP contribution in [0.1, 0.15) is 17.3 Å². The second-order valence-electron chi connectivity index (χ2n) is 6.06. The summed E-state index contributed by atoms with van der Waals surface area (Å²) in [6.45, 7) is 3.51. The topological polar surface area (TPSA) is 59.4 Å². The highest BCUT2D eigenvalue weighted by molar-refractivity contribution is 5.80. The van der Waals surface area contributed by atoms with Crippen LogP contribution in [0.5, 0.6) is 0 Å². The molecule has 0 radical (unpaired) electrons. The number of fused-ring (bicyclic) bond motifs is 1. The van der Waals surface area contributed by atoms with E-state index in [0.29, 0.717) is 19.7 Å². The maximum Gasteiger partial charge on any atom is 0.244 e. The maximum absolute atomic E-state index is 12.5. The number of hydrogen-bond donors (Lipinski definition) is 1. The lowest BCUT2D eigenvalue weighted by Crippen LogP contribution is -2.45. The van der Waals surface area contributed by atoms with E-state index in [0.717, 1.165) is 25.2 Å². The van der Waals surface area contributed by atoms with Crippen molar-refractivity contribution in [1.29, 1.82) is 0 Å². The first-order valence-electron chi connectivity index (χ1n) is 8.31. The summed E-state index contributed by atoms with van der Waals surface area (Å²) in [5.74, 6) is 0.0238. The van der Waals surface area contributed by atoms with Crippen molar-refractivity contribution in [3.05, 3.63) is 54.1 Å². The molecule has 2 aromatic rings. The van der Waals surface area contributed by atoms with E-state index in [-0.39, 0.29) is 11.9 Å². The fourth-order valence-corrected chi connectivity index (χ4v) is 3.07. The summed E-state index contributed by atoms with van der Waals surface area (Å²) in [6, 6.07) is 10.2. The Morgan fingerprint density at radius 1 is 1.38 bits per heavy atom. The minimum atomic E-state index is -0.233. The lowest BCUT2D eigenvalue weighted by molar-refractivity contribution is -0.125. The van der Waals surface area contributed by atoms with Crippen LogP contribution < -0.4 is 5.32 Å². The van der Waals surface area contributed by atoms with E-state index in [1.807, 2.05) is 16.8 Å². The molecule has 0 aliphatic carbocycles. The molecular formula is C18H24N4O2. The smallest absolute Gasteiger partial charge is 0.244 e. The molecule has 1 amide bonds. The van der Waals surface area contributed by atoms with Gasteiger partial charge in [-0.2, -0.15) is 0 Å². The molecule has 2 heterocycles. The van der Waals surface area contributed by atoms with Gasteiger partial charge in [0.05, 0.1) is 18.6 Å². The van der Waals surface area contributed by atoms with Crippen molar-refractivity contribution in [2.24, 2.45) is 0 Å². The first-order valence-corrected chi connectivity index (χ1v) is 8.31. The van der Waals surface area contributed by atoms with Crippen molar-refractivity contribution in [3.63, 3.8) is 0 Å². The molecule has 1 aliphatic rings. The lowest BCUT2D eigenvalue weighted by Gasteiger charge is -2.33. The second-order valence-corrected chi connectivity index (χ2v) is 6.06. The molecule has 1 N–H and O–H groups in total. The van der Waals surface area contributed by atoms with E-state index in [1.165, 1.54) is 5.56 Å². The van der Waals surface area contributed by atoms with Crippen LogP contribution >= 0.6 is 0 Å². The van der Waals surface area contributed by atoms with Gasteiger partial charge < -0.3 is 14.6 Å². The van der Waals surface area contributed by atoms with Crippen molar-refractivity contribution in [2.75, 3.05) is 33.4 Å². The number of benzene rings is 1. The Morgan fingerprint density at radius 3 is 3.00 bits per heavy atom. The summed E-state index contributed by atoms with van der Waals surface area (Å²) in [5, 5.41) is 2.94. The largest absolute Gasteiger partial charge is 0.383 e. The molecule has 24 heavy (non-hydrogen) atoms. The molecule has 3 rings (SSSR count). The molecule has 1 atom stereocenters. The van der Waals surface area contributed by atoms with Gasteiger partial charge in [-0.15, -0.1) is 0 Å². The summed E-state index contributed by atoms with van der Waals surface area (Å²) >= 11 is 0. The molecule has 6 heteroatoms. The Morgan fingerprint density at radius 2 is 2.21 bits per heavy atom. The van der Waals surface area contributed by atoms with Gasteiger partial charge in [-0.1, -0.05) is 30.3 Å². The Labute approximate surface area is 142 Å². The average Bonchev–Trinajstić information content (AvgIpc) is 3.08. The van der Waals surface area contributed by atoms with E-state index in [9.17, 15) is 4.79 Å². The number of methoxy groups -OCH3 is 1. The van der Waals surface area contributed by atoms with Crippen LogP contribution in [0.3, 0.4) is 0 Å². The van der Waals surface area contributed by atoms with Crippen molar-refractivity contribution in [3.8, 4) is 0 Å². The summed E-state index contributed by atoms with van der Waals surface area (Å²) < 4.78 is 6.99. The highest BCUT2D eigenvalue weighted by Crippen LogP contribution is 2.21. The van der Waals surface area contributed by atoms with E-state index in [4.69, 9.17) is 4.74 Å². The molecule has 128 valence electrons. The average molecular weight is 328 g/mol. The van der Waals surface area contributed by atoms with Gasteiger partial charge in [-0.25, -0.2) is 4.98 Å². The number of nitrogens with one attached hydrogen (secondary N) is 1. The van der Waals surface area contributed by atoms with Crippen LogP contribution in [0.4, 0.5) is 0 Å². The minimum Gasteiger partial charge on any atom is -0.383 e. The quantitative estimate of drug-likeness (QED) is 0.777. The minimum absolute atomic E-state index is 0.0238. The number of nitrogens with zero attached hydrogens (tertiary/aromatic N) is 3. The van der Waals surface area contributed by atoms with Gasteiger partial charge in [0.25, 0.3) is 0 Å². The Hall–Kier alpha value is -2.18. The highest BCUT2D eigenvalue weighted by Gasteiger charge is 2.29. The van der Waals surface area contributed by atoms with Crippen LogP contribution in [0.2, 0.25) is 0 Å². The van der Waals surface area contributed by atoms with Gasteiger partial charge in [0.2, 0.25) is 5.91 Å². The molecule has 1 aromatic carbocycles. The number of rotatable bonds is 7. The molecular weight excluding hydrogens is 304 g/mol. The van der Waals surface area contributed by atoms with Gasteiger partial charge in [0.1, 0.15) is 6.04 Å². The number of ether oxygens (including phenoxy) is 1. The molecule has 1 aromatic heterocycles. The molecule has 0 unspecified atom stereocenters. The summed E-state index contributed by atoms with van der Waals surface area (Å²) in [7, 11) is 1.63. The van der Waals surface area contributed by atoms with E-state index < -0.39 is 0 Å². The SMILES string of the molecule is COCCNC(=O)[C@H]1CN(CCc2ccccc2)Cc2cncn21. The van der Waals surface area contributed by atoms with Crippen LogP contribution in [0.25, 0.3) is 0 Å². The summed E-state index contributed by atoms with van der Waals surface area (Å²) in [6.07, 6.45) is 4.58. The van der Waals surface area contributed by atoms with Gasteiger partial charge in [0, 0.05) is 39.5 Å². The predicted octanol–water partition coefficient (Wildman–Crippen LogP) is 1.25. The number of hydrogen-bond acceptors (Lipinski definition) is 4. The van der Waals surface area contributed by atoms with Crippen molar-refractivity contribution in [1.82, 2.24) is 19.8 Å². The van der Waals surface area contributed by atoms with Gasteiger partial charge in [-0.3, -0.25) is 9.69 Å². The Bertz CT molecular complexity index is 656. The zero-order valence-corrected chi connectivity index (χ0v) is 14.0. The van der Waals surface area contributed by atoms with Crippen molar-refractivity contribution < 1.29 is 9.53 Å². The summed E-state index contributed by atoms with van der Waals surface area (Å²) in [4.78, 5) is 19.1. The second kappa shape index (κ2) is 8.08. The fraction of sp³-hybridized carbons (Fsp3) is 0.444. The Kier molecular flexibility index (Phi) is 5.61. The summed E-state index contributed by atoms with van der Waals surface area (Å²) in [5.41, 5.74) is 2.40. The third-order valence-corrected chi connectivity index (χ3v) is 4.37. The van der Waals surface area contributed by atoms with E-state index >= 15 is 0 Å². The van der Waals surface area contributed by atoms with Gasteiger partial charge >= 0.3 is 0 Å². The molecule has 0 saturated heterocycles. The van der Waals surface area contributed by atoms with Crippen LogP contribution in [0, 0.1) is 0 Å². The zero-order chi connectivity index (χ0) is 16.8. The number of carbonyl (C=O) groups is 1. The van der Waals surface area contributed by atoms with Crippen LogP contribution in [-0.2, 0) is 22.5 Å². The molecule has 0 spiro atoms. The van der Waals surface area contributed by atoms with Crippen molar-refractivity contribution >= 4 is 5.91 Å². The number of carbonyl (C=O) groups excluding carboxylic acids is 1. The monoisotopic (exact) mass is 328 g/mol. The molecule has 0 saturated carbocycles. The molecule has 6 nitrogen and oxygen atoms in total. The van der Waals surface area contributed by atoms with Gasteiger partial charge in [0.15, 0.2) is 0 Å². The standard InChI is InChI=1S/C18H24N4O2/c1-24-10-8-20-18(23)17-13-21(12-16-11-19-14-22(16)17)9-7-15-5-3-2-4-6-15/h2-6,11,14,17H,7-10,12-13H2,1H3,(H,20,23)/t17-/m1/s1. The number of amides is 1. The third kappa shape index (κ3) is 4.01. The third-order valence-electron chi connectivity index (χ3n) is 4.37. The number of aromatic nitrogens is 2. The first kappa shape index (κ1) is 16.7. The predicted molar refractivity (Wildman–Crippen MR) is 91.6 cm³/mol. The van der Waals surface area contributed by atoms with Crippen LogP contribution in [0.15, 0.2) is 42.9 Å². The zero-order valence-electron chi connectivity index (χ0n) is 14.0. The van der Waals surface area contributed by atoms with E-state index in [2.05, 4.69) is 39.5 Å². The maximum atomic E-state index is 12.5. The van der Waals surface area contributed by atoms with Crippen LogP contribution in [-0.4, -0.2) is 53.7 Å². The molecule has 1 aliphatic heterocycles. The Balaban J connectivity index is 1.63. The lowest BCUT2D eigenvalue weighted by atomic mass is 10.1. The van der Waals surface area contributed by atoms with E-state index in [1.54, 1.807) is 13.4 Å². The van der Waals surface area contributed by atoms with Crippen molar-refractivity contribution in [2.45, 2.75) is 19.0 Å².